The number of rotatable bonds is 7. The van der Waals surface area contributed by atoms with E-state index in [0.717, 1.165) is 47.4 Å². The van der Waals surface area contributed by atoms with Crippen molar-refractivity contribution in [2.75, 3.05) is 17.2 Å². The molecule has 13 heteroatoms. The molecule has 1 aliphatic carbocycles. The van der Waals surface area contributed by atoms with E-state index in [4.69, 9.17) is 0 Å². The molecule has 0 bridgehead atoms. The van der Waals surface area contributed by atoms with Crippen LogP contribution in [0.4, 0.5) is 28.0 Å². The van der Waals surface area contributed by atoms with E-state index in [1.165, 1.54) is 53.1 Å². The van der Waals surface area contributed by atoms with Crippen LogP contribution in [0.15, 0.2) is 78.0 Å². The number of carbonyl (C=O) groups is 1. The molecular formula is C32H30F4N6O2S. The van der Waals surface area contributed by atoms with E-state index in [0.29, 0.717) is 23.2 Å². The molecule has 1 aromatic heterocycles. The number of amidine groups is 1. The maximum Gasteiger partial charge on any atom is 0.573 e. The first kappa shape index (κ1) is 30.6. The van der Waals surface area contributed by atoms with E-state index in [1.807, 2.05) is 43.0 Å². The Morgan fingerprint density at radius 3 is 2.47 bits per heavy atom. The first-order valence-corrected chi connectivity index (χ1v) is 15.5. The zero-order valence-electron chi connectivity index (χ0n) is 24.5. The highest BCUT2D eigenvalue weighted by molar-refractivity contribution is 8.14. The lowest BCUT2D eigenvalue weighted by atomic mass is 10.00. The number of hydrogen-bond donors (Lipinski definition) is 1. The first-order chi connectivity index (χ1) is 21.5. The van der Waals surface area contributed by atoms with Crippen LogP contribution in [0.2, 0.25) is 0 Å². The van der Waals surface area contributed by atoms with Gasteiger partial charge in [-0.05, 0) is 78.8 Å². The Balaban J connectivity index is 1.14. The Morgan fingerprint density at radius 2 is 1.80 bits per heavy atom. The molecule has 0 radical (unpaired) electrons. The fourth-order valence-corrected chi connectivity index (χ4v) is 6.25. The molecule has 1 saturated carbocycles. The molecule has 0 spiro atoms. The van der Waals surface area contributed by atoms with Crippen LogP contribution >= 0.6 is 11.8 Å². The summed E-state index contributed by atoms with van der Waals surface area (Å²) >= 11 is 1.52. The van der Waals surface area contributed by atoms with Crippen molar-refractivity contribution in [1.82, 2.24) is 20.1 Å². The van der Waals surface area contributed by atoms with Gasteiger partial charge in [-0.2, -0.15) is 4.99 Å². The predicted octanol–water partition coefficient (Wildman–Crippen LogP) is 7.79. The number of hydrogen-bond acceptors (Lipinski definition) is 5. The number of amides is 2. The van der Waals surface area contributed by atoms with Gasteiger partial charge in [0.2, 0.25) is 0 Å². The van der Waals surface area contributed by atoms with Gasteiger partial charge >= 0.3 is 12.4 Å². The Morgan fingerprint density at radius 1 is 1.07 bits per heavy atom. The number of anilines is 1. The monoisotopic (exact) mass is 638 g/mol. The van der Waals surface area contributed by atoms with Gasteiger partial charge in [0.25, 0.3) is 0 Å². The molecule has 4 aromatic rings. The van der Waals surface area contributed by atoms with Crippen LogP contribution in [-0.4, -0.2) is 44.6 Å². The summed E-state index contributed by atoms with van der Waals surface area (Å²) in [6.07, 6.45) is -0.811. The smallest absolute Gasteiger partial charge is 0.406 e. The molecule has 1 N–H and O–H groups in total. The Bertz CT molecular complexity index is 1720. The molecule has 0 unspecified atom stereocenters. The number of nitrogens with zero attached hydrogens (tertiary/aromatic N) is 5. The number of halogens is 4. The molecule has 2 fully saturated rings. The van der Waals surface area contributed by atoms with Crippen LogP contribution in [-0.2, 0) is 5.54 Å². The van der Waals surface area contributed by atoms with Crippen molar-refractivity contribution in [2.45, 2.75) is 50.9 Å². The van der Waals surface area contributed by atoms with Crippen LogP contribution in [0.3, 0.4) is 0 Å². The van der Waals surface area contributed by atoms with E-state index < -0.39 is 17.9 Å². The zero-order valence-corrected chi connectivity index (χ0v) is 25.3. The summed E-state index contributed by atoms with van der Waals surface area (Å²) in [6, 6.07) is 17.3. The summed E-state index contributed by atoms with van der Waals surface area (Å²) in [5.74, 6) is 0.774. The molecule has 3 aromatic carbocycles. The number of carbonyl (C=O) groups excluding carboxylic acids is 1. The maximum atomic E-state index is 14.0. The summed E-state index contributed by atoms with van der Waals surface area (Å²) in [6.45, 7) is 4.72. The third kappa shape index (κ3) is 6.98. The van der Waals surface area contributed by atoms with Gasteiger partial charge in [0, 0.05) is 23.5 Å². The molecule has 2 heterocycles. The number of urea groups is 1. The van der Waals surface area contributed by atoms with Gasteiger partial charge in [-0.1, -0.05) is 49.9 Å². The minimum Gasteiger partial charge on any atom is -0.406 e. The largest absolute Gasteiger partial charge is 0.573 e. The Kier molecular flexibility index (Phi) is 8.29. The second-order valence-electron chi connectivity index (χ2n) is 11.2. The van der Waals surface area contributed by atoms with Gasteiger partial charge in [0.15, 0.2) is 11.0 Å². The van der Waals surface area contributed by atoms with Crippen LogP contribution in [0, 0.1) is 5.82 Å². The lowest BCUT2D eigenvalue weighted by Crippen LogP contribution is -2.38. The van der Waals surface area contributed by atoms with Crippen molar-refractivity contribution < 1.29 is 27.1 Å². The number of aliphatic imine (C=N–C) groups is 1. The summed E-state index contributed by atoms with van der Waals surface area (Å²) in [5, 5.41) is 8.17. The SMILES string of the molecule is CC(C)c1cc(F)ccc1N1CCCSC1=NC(=O)NC1(c2ccc(-c3ncn(-c4ccc(OC(F)(F)F)cc4)n3)cc2)CC1. The second-order valence-corrected chi connectivity index (χ2v) is 12.3. The highest BCUT2D eigenvalue weighted by atomic mass is 32.2. The van der Waals surface area contributed by atoms with Crippen molar-refractivity contribution in [3.05, 3.63) is 90.0 Å². The second kappa shape index (κ2) is 12.2. The lowest BCUT2D eigenvalue weighted by Gasteiger charge is -2.32. The minimum absolute atomic E-state index is 0.104. The van der Waals surface area contributed by atoms with Gasteiger partial charge in [-0.3, -0.25) is 0 Å². The average molecular weight is 639 g/mol. The summed E-state index contributed by atoms with van der Waals surface area (Å²) in [7, 11) is 0. The third-order valence-electron chi connectivity index (χ3n) is 7.71. The van der Waals surface area contributed by atoms with E-state index in [9.17, 15) is 22.4 Å². The van der Waals surface area contributed by atoms with E-state index >= 15 is 0 Å². The van der Waals surface area contributed by atoms with Crippen LogP contribution < -0.4 is 15.0 Å². The van der Waals surface area contributed by atoms with Gasteiger partial charge in [0.1, 0.15) is 17.9 Å². The van der Waals surface area contributed by atoms with Crippen molar-refractivity contribution in [3.63, 3.8) is 0 Å². The van der Waals surface area contributed by atoms with E-state index in [2.05, 4.69) is 25.1 Å². The number of nitrogens with one attached hydrogen (secondary N) is 1. The molecule has 2 amide bonds. The molecule has 0 atom stereocenters. The number of thioether (sulfide) groups is 1. The fraction of sp³-hybridized carbons (Fsp3) is 0.312. The third-order valence-corrected chi connectivity index (χ3v) is 8.77. The first-order valence-electron chi connectivity index (χ1n) is 14.5. The van der Waals surface area contributed by atoms with Crippen LogP contribution in [0.25, 0.3) is 17.1 Å². The van der Waals surface area contributed by atoms with Crippen LogP contribution in [0.5, 0.6) is 5.75 Å². The Labute approximate surface area is 261 Å². The average Bonchev–Trinajstić information content (AvgIpc) is 3.61. The fourth-order valence-electron chi connectivity index (χ4n) is 5.30. The Hall–Kier alpha value is -4.39. The number of ether oxygens (including phenoxy) is 1. The topological polar surface area (TPSA) is 84.6 Å². The predicted molar refractivity (Wildman–Crippen MR) is 165 cm³/mol. The molecule has 1 saturated heterocycles. The summed E-state index contributed by atoms with van der Waals surface area (Å²) in [5.41, 5.74) is 3.42. The van der Waals surface area contributed by atoms with Crippen molar-refractivity contribution >= 4 is 28.6 Å². The normalized spacial score (nSPS) is 17.0. The zero-order chi connectivity index (χ0) is 31.8. The molecule has 45 heavy (non-hydrogen) atoms. The molecular weight excluding hydrogens is 608 g/mol. The van der Waals surface area contributed by atoms with Gasteiger partial charge in [0.05, 0.1) is 11.2 Å². The number of alkyl halides is 3. The van der Waals surface area contributed by atoms with Crippen molar-refractivity contribution in [3.8, 4) is 22.8 Å². The van der Waals surface area contributed by atoms with Crippen LogP contribution in [0.1, 0.15) is 50.2 Å². The van der Waals surface area contributed by atoms with Crippen molar-refractivity contribution in [2.24, 2.45) is 4.99 Å². The highest BCUT2D eigenvalue weighted by Gasteiger charge is 2.46. The number of aromatic nitrogens is 3. The lowest BCUT2D eigenvalue weighted by molar-refractivity contribution is -0.274. The summed E-state index contributed by atoms with van der Waals surface area (Å²) in [4.78, 5) is 24.0. The van der Waals surface area contributed by atoms with Gasteiger partial charge < -0.3 is 15.0 Å². The van der Waals surface area contributed by atoms with E-state index in [1.54, 1.807) is 12.1 Å². The molecule has 234 valence electrons. The molecule has 6 rings (SSSR count). The minimum atomic E-state index is -4.76. The molecule has 8 nitrogen and oxygen atoms in total. The molecule has 2 aliphatic rings. The highest BCUT2D eigenvalue weighted by Crippen LogP contribution is 2.46. The summed E-state index contributed by atoms with van der Waals surface area (Å²) < 4.78 is 56.8. The number of benzene rings is 3. The molecule has 1 aliphatic heterocycles. The standard InChI is InChI=1S/C32H30F4N6O2S/c1-20(2)26-18-23(33)8-13-27(26)41-16-3-17-45-30(41)38-29(43)39-31(14-15-31)22-6-4-21(5-7-22)28-37-19-42(40-28)24-9-11-25(12-10-24)44-32(34,35)36/h4-13,18-20H,3,14-17H2,1-2H3,(H,39,43). The maximum absolute atomic E-state index is 14.0. The van der Waals surface area contributed by atoms with Gasteiger partial charge in [-0.25, -0.2) is 18.9 Å². The quantitative estimate of drug-likeness (QED) is 0.208. The van der Waals surface area contributed by atoms with E-state index in [-0.39, 0.29) is 17.5 Å². The van der Waals surface area contributed by atoms with Gasteiger partial charge in [-0.15, -0.1) is 18.3 Å². The van der Waals surface area contributed by atoms with Crippen molar-refractivity contribution in [1.29, 1.82) is 0 Å².